The van der Waals surface area contributed by atoms with Crippen molar-refractivity contribution in [3.8, 4) is 0 Å². The highest BCUT2D eigenvalue weighted by Crippen LogP contribution is 2.03. The third-order valence-corrected chi connectivity index (χ3v) is 4.55. The lowest BCUT2D eigenvalue weighted by molar-refractivity contribution is -0.0920. The molecule has 0 saturated heterocycles. The number of halogens is 1. The fourth-order valence-electron chi connectivity index (χ4n) is 1.34. The van der Waals surface area contributed by atoms with Crippen LogP contribution in [0.5, 0.6) is 0 Å². The van der Waals surface area contributed by atoms with E-state index in [1.54, 1.807) is 0 Å². The zero-order chi connectivity index (χ0) is 12.1. The molecule has 0 aromatic carbocycles. The van der Waals surface area contributed by atoms with Gasteiger partial charge >= 0.3 is 0 Å². The Morgan fingerprint density at radius 2 is 1.56 bits per heavy atom. The summed E-state index contributed by atoms with van der Waals surface area (Å²) in [6, 6.07) is 1.23. The maximum atomic E-state index is 5.77. The number of unbranched alkanes of at least 4 members (excludes halogenated alkanes) is 2. The zero-order valence-corrected chi connectivity index (χ0v) is 13.0. The average molecular weight is 267 g/mol. The smallest absolute Gasteiger partial charge is 0.134 e. The molecule has 16 heavy (non-hydrogen) atoms. The van der Waals surface area contributed by atoms with E-state index in [2.05, 4.69) is 13.8 Å². The van der Waals surface area contributed by atoms with Gasteiger partial charge in [0.05, 0.1) is 9.52 Å². The lowest BCUT2D eigenvalue weighted by Crippen LogP contribution is -2.25. The first-order valence-electron chi connectivity index (χ1n) is 6.64. The Bertz CT molecular complexity index is 112. The molecule has 0 unspecified atom stereocenters. The predicted molar refractivity (Wildman–Crippen MR) is 74.2 cm³/mol. The van der Waals surface area contributed by atoms with E-state index in [-0.39, 0.29) is 15.4 Å². The molecule has 0 N–H and O–H groups in total. The summed E-state index contributed by atoms with van der Waals surface area (Å²) in [5.41, 5.74) is 0. The van der Waals surface area contributed by atoms with E-state index < -0.39 is 0 Å². The molecule has 0 amide bonds. The molecule has 0 atom stereocenters. The van der Waals surface area contributed by atoms with E-state index in [0.717, 1.165) is 38.4 Å². The van der Waals surface area contributed by atoms with Crippen molar-refractivity contribution in [2.75, 3.05) is 19.1 Å². The Balaban J connectivity index is 3.58. The third-order valence-electron chi connectivity index (χ3n) is 2.43. The van der Waals surface area contributed by atoms with Crippen LogP contribution in [0.4, 0.5) is 0 Å². The Labute approximate surface area is 108 Å². The molecular formula is C12H27ClO2Si. The second-order valence-corrected chi connectivity index (χ2v) is 6.39. The van der Waals surface area contributed by atoms with Crippen molar-refractivity contribution in [1.82, 2.24) is 0 Å². The van der Waals surface area contributed by atoms with Crippen LogP contribution >= 0.6 is 11.6 Å². The minimum Gasteiger partial charge on any atom is -0.357 e. The van der Waals surface area contributed by atoms with Crippen molar-refractivity contribution in [2.45, 2.75) is 57.9 Å². The summed E-state index contributed by atoms with van der Waals surface area (Å²) in [6.07, 6.45) is 5.75. The second kappa shape index (κ2) is 13.5. The fraction of sp³-hybridized carbons (Fsp3) is 1.00. The van der Waals surface area contributed by atoms with Gasteiger partial charge in [0.15, 0.2) is 0 Å². The van der Waals surface area contributed by atoms with Crippen molar-refractivity contribution in [1.29, 1.82) is 0 Å². The van der Waals surface area contributed by atoms with Crippen molar-refractivity contribution in [3.63, 3.8) is 0 Å². The normalized spacial score (nSPS) is 12.0. The van der Waals surface area contributed by atoms with Crippen LogP contribution in [0.2, 0.25) is 6.04 Å². The molecule has 0 spiro atoms. The topological polar surface area (TPSA) is 18.5 Å². The van der Waals surface area contributed by atoms with Crippen LogP contribution in [0.3, 0.4) is 0 Å². The zero-order valence-electron chi connectivity index (χ0n) is 10.8. The first-order valence-corrected chi connectivity index (χ1v) is 8.99. The molecule has 0 radical (unpaired) electrons. The number of ether oxygens (including phenoxy) is 2. The SMILES string of the molecule is CCCCOC(OCCCC)[SiH2]CCCCl. The van der Waals surface area contributed by atoms with Crippen LogP contribution in [0, 0.1) is 0 Å². The summed E-state index contributed by atoms with van der Waals surface area (Å²) < 4.78 is 11.5. The van der Waals surface area contributed by atoms with Crippen molar-refractivity contribution < 1.29 is 9.47 Å². The summed E-state index contributed by atoms with van der Waals surface area (Å²) in [4.78, 5) is 0. The quantitative estimate of drug-likeness (QED) is 0.234. The summed E-state index contributed by atoms with van der Waals surface area (Å²) >= 11 is 5.68. The van der Waals surface area contributed by atoms with Crippen LogP contribution in [-0.4, -0.2) is 34.5 Å². The summed E-state index contributed by atoms with van der Waals surface area (Å²) in [7, 11) is -0.271. The molecule has 0 fully saturated rings. The summed E-state index contributed by atoms with van der Waals surface area (Å²) in [5, 5.41) is 0. The standard InChI is InChI=1S/C12H27ClO2Si/c1-3-5-9-14-12(15-10-6-4-2)16-11-7-8-13/h12H,3-11,16H2,1-2H3. The van der Waals surface area contributed by atoms with E-state index in [0.29, 0.717) is 0 Å². The number of rotatable bonds is 12. The van der Waals surface area contributed by atoms with Gasteiger partial charge in [0.25, 0.3) is 0 Å². The molecule has 0 aliphatic rings. The molecule has 98 valence electrons. The van der Waals surface area contributed by atoms with Gasteiger partial charge in [-0.3, -0.25) is 0 Å². The van der Waals surface area contributed by atoms with Gasteiger partial charge in [-0.2, -0.15) is 0 Å². The molecule has 4 heteroatoms. The number of hydrogen-bond acceptors (Lipinski definition) is 2. The lowest BCUT2D eigenvalue weighted by Gasteiger charge is -2.18. The number of hydrogen-bond donors (Lipinski definition) is 0. The van der Waals surface area contributed by atoms with E-state index >= 15 is 0 Å². The van der Waals surface area contributed by atoms with Crippen LogP contribution in [0.1, 0.15) is 46.0 Å². The van der Waals surface area contributed by atoms with Crippen molar-refractivity contribution >= 4 is 21.1 Å². The van der Waals surface area contributed by atoms with Gasteiger partial charge in [0.2, 0.25) is 0 Å². The molecular weight excluding hydrogens is 240 g/mol. The molecule has 0 aliphatic heterocycles. The minimum atomic E-state index is -0.271. The molecule has 0 aromatic heterocycles. The first kappa shape index (κ1) is 16.4. The Morgan fingerprint density at radius 3 is 2.00 bits per heavy atom. The summed E-state index contributed by atoms with van der Waals surface area (Å²) in [6.45, 7) is 6.06. The molecule has 2 nitrogen and oxygen atoms in total. The average Bonchev–Trinajstić information content (AvgIpc) is 2.29. The molecule has 0 saturated carbocycles. The fourth-order valence-corrected chi connectivity index (χ4v) is 3.38. The number of alkyl halides is 1. The van der Waals surface area contributed by atoms with Crippen LogP contribution in [0.15, 0.2) is 0 Å². The van der Waals surface area contributed by atoms with Gasteiger partial charge in [-0.15, -0.1) is 11.6 Å². The largest absolute Gasteiger partial charge is 0.357 e. The van der Waals surface area contributed by atoms with E-state index in [1.807, 2.05) is 0 Å². The molecule has 0 heterocycles. The van der Waals surface area contributed by atoms with E-state index in [1.165, 1.54) is 18.9 Å². The van der Waals surface area contributed by atoms with E-state index in [4.69, 9.17) is 21.1 Å². The monoisotopic (exact) mass is 266 g/mol. The highest BCUT2D eigenvalue weighted by atomic mass is 35.5. The van der Waals surface area contributed by atoms with Crippen LogP contribution in [-0.2, 0) is 9.47 Å². The Hall–Kier alpha value is 0.427. The van der Waals surface area contributed by atoms with Crippen molar-refractivity contribution in [2.24, 2.45) is 0 Å². The van der Waals surface area contributed by atoms with Gasteiger partial charge < -0.3 is 9.47 Å². The third kappa shape index (κ3) is 10.9. The molecule has 0 aromatic rings. The summed E-state index contributed by atoms with van der Waals surface area (Å²) in [5.74, 6) is 0.894. The highest BCUT2D eigenvalue weighted by molar-refractivity contribution is 6.36. The van der Waals surface area contributed by atoms with Crippen molar-refractivity contribution in [3.05, 3.63) is 0 Å². The van der Waals surface area contributed by atoms with Gasteiger partial charge in [0.1, 0.15) is 5.91 Å². The maximum Gasteiger partial charge on any atom is 0.134 e. The maximum absolute atomic E-state index is 5.77. The molecule has 0 bridgehead atoms. The van der Waals surface area contributed by atoms with Gasteiger partial charge in [-0.05, 0) is 19.3 Å². The van der Waals surface area contributed by atoms with Crippen LogP contribution < -0.4 is 0 Å². The first-order chi connectivity index (χ1) is 7.85. The molecule has 0 aliphatic carbocycles. The Kier molecular flexibility index (Phi) is 13.9. The Morgan fingerprint density at radius 1 is 1.00 bits per heavy atom. The molecule has 0 rings (SSSR count). The van der Waals surface area contributed by atoms with Gasteiger partial charge in [-0.1, -0.05) is 32.7 Å². The minimum absolute atomic E-state index is 0.126. The predicted octanol–water partition coefficient (Wildman–Crippen LogP) is 3.12. The van der Waals surface area contributed by atoms with E-state index in [9.17, 15) is 0 Å². The van der Waals surface area contributed by atoms with Gasteiger partial charge in [-0.25, -0.2) is 0 Å². The van der Waals surface area contributed by atoms with Crippen LogP contribution in [0.25, 0.3) is 0 Å². The van der Waals surface area contributed by atoms with Gasteiger partial charge in [0, 0.05) is 19.1 Å². The highest BCUT2D eigenvalue weighted by Gasteiger charge is 2.08. The lowest BCUT2D eigenvalue weighted by atomic mass is 10.4. The second-order valence-electron chi connectivity index (χ2n) is 4.06.